The van der Waals surface area contributed by atoms with E-state index in [1.165, 1.54) is 4.90 Å². The lowest BCUT2D eigenvalue weighted by Gasteiger charge is -2.37. The summed E-state index contributed by atoms with van der Waals surface area (Å²) in [6, 6.07) is 6.04. The molecular formula is C15H20N2O3. The van der Waals surface area contributed by atoms with Gasteiger partial charge in [0.25, 0.3) is 5.91 Å². The number of nitrogens with zero attached hydrogens (tertiary/aromatic N) is 1. The highest BCUT2D eigenvalue weighted by Gasteiger charge is 2.36. The first-order chi connectivity index (χ1) is 9.54. The van der Waals surface area contributed by atoms with Crippen LogP contribution in [0.2, 0.25) is 0 Å². The number of benzene rings is 1. The van der Waals surface area contributed by atoms with Crippen molar-refractivity contribution in [2.75, 3.05) is 12.3 Å². The van der Waals surface area contributed by atoms with Gasteiger partial charge in [-0.05, 0) is 30.9 Å². The molecule has 2 atom stereocenters. The Bertz CT molecular complexity index is 516. The first-order valence-electron chi connectivity index (χ1n) is 6.92. The Morgan fingerprint density at radius 1 is 1.40 bits per heavy atom. The Morgan fingerprint density at radius 2 is 2.10 bits per heavy atom. The number of aliphatic carboxylic acids is 1. The fourth-order valence-corrected chi connectivity index (χ4v) is 2.73. The van der Waals surface area contributed by atoms with E-state index < -0.39 is 12.0 Å². The third-order valence-corrected chi connectivity index (χ3v) is 4.03. The van der Waals surface area contributed by atoms with Gasteiger partial charge < -0.3 is 15.7 Å². The number of likely N-dealkylation sites (tertiary alicyclic amines) is 1. The monoisotopic (exact) mass is 276 g/mol. The molecular weight excluding hydrogens is 256 g/mol. The summed E-state index contributed by atoms with van der Waals surface area (Å²) in [6.07, 6.45) is 2.31. The molecule has 0 spiro atoms. The molecule has 0 saturated carbocycles. The number of nitrogens with two attached hydrogens (primary N) is 1. The van der Waals surface area contributed by atoms with Gasteiger partial charge in [0.1, 0.15) is 6.04 Å². The summed E-state index contributed by atoms with van der Waals surface area (Å²) >= 11 is 0. The number of rotatable bonds is 3. The predicted molar refractivity (Wildman–Crippen MR) is 76.3 cm³/mol. The van der Waals surface area contributed by atoms with Gasteiger partial charge in [-0.1, -0.05) is 25.5 Å². The minimum atomic E-state index is -0.939. The third kappa shape index (κ3) is 2.76. The van der Waals surface area contributed by atoms with E-state index in [1.807, 2.05) is 0 Å². The van der Waals surface area contributed by atoms with Crippen LogP contribution in [0.5, 0.6) is 0 Å². The van der Waals surface area contributed by atoms with Crippen LogP contribution in [0.15, 0.2) is 24.3 Å². The lowest BCUT2D eigenvalue weighted by Crippen LogP contribution is -2.50. The van der Waals surface area contributed by atoms with Crippen LogP contribution >= 0.6 is 0 Å². The van der Waals surface area contributed by atoms with Crippen molar-refractivity contribution in [2.45, 2.75) is 32.2 Å². The third-order valence-electron chi connectivity index (χ3n) is 4.03. The van der Waals surface area contributed by atoms with Crippen LogP contribution in [0, 0.1) is 5.92 Å². The molecule has 2 rings (SSSR count). The summed E-state index contributed by atoms with van der Waals surface area (Å²) < 4.78 is 0. The number of nitrogen functional groups attached to an aromatic ring is 1. The van der Waals surface area contributed by atoms with E-state index in [9.17, 15) is 14.7 Å². The Labute approximate surface area is 118 Å². The van der Waals surface area contributed by atoms with E-state index in [-0.39, 0.29) is 5.91 Å². The molecule has 1 fully saturated rings. The van der Waals surface area contributed by atoms with Crippen molar-refractivity contribution in [3.05, 3.63) is 29.8 Å². The zero-order chi connectivity index (χ0) is 14.7. The van der Waals surface area contributed by atoms with Crippen molar-refractivity contribution in [1.29, 1.82) is 0 Å². The van der Waals surface area contributed by atoms with E-state index in [0.29, 0.717) is 30.1 Å². The molecule has 5 nitrogen and oxygen atoms in total. The SMILES string of the molecule is CCC1CCN(C(=O)c2ccccc2N)C(C(=O)O)C1. The number of anilines is 1. The number of amides is 1. The highest BCUT2D eigenvalue weighted by atomic mass is 16.4. The molecule has 1 aromatic carbocycles. The highest BCUT2D eigenvalue weighted by molar-refractivity contribution is 6.00. The smallest absolute Gasteiger partial charge is 0.326 e. The van der Waals surface area contributed by atoms with Gasteiger partial charge in [0.2, 0.25) is 0 Å². The average Bonchev–Trinajstić information content (AvgIpc) is 2.46. The largest absolute Gasteiger partial charge is 0.480 e. The van der Waals surface area contributed by atoms with E-state index in [4.69, 9.17) is 5.73 Å². The summed E-state index contributed by atoms with van der Waals surface area (Å²) in [6.45, 7) is 2.53. The Kier molecular flexibility index (Phi) is 4.27. The summed E-state index contributed by atoms with van der Waals surface area (Å²) in [5.41, 5.74) is 6.58. The van der Waals surface area contributed by atoms with Gasteiger partial charge in [0, 0.05) is 12.2 Å². The van der Waals surface area contributed by atoms with Gasteiger partial charge in [-0.2, -0.15) is 0 Å². The Balaban J connectivity index is 2.24. The van der Waals surface area contributed by atoms with E-state index in [2.05, 4.69) is 6.92 Å². The van der Waals surface area contributed by atoms with Crippen LogP contribution in [0.3, 0.4) is 0 Å². The van der Waals surface area contributed by atoms with Crippen LogP contribution in [0.4, 0.5) is 5.69 Å². The van der Waals surface area contributed by atoms with Gasteiger partial charge in [-0.3, -0.25) is 4.79 Å². The van der Waals surface area contributed by atoms with Crippen molar-refractivity contribution in [3.63, 3.8) is 0 Å². The molecule has 1 amide bonds. The van der Waals surface area contributed by atoms with Gasteiger partial charge >= 0.3 is 5.97 Å². The number of carboxylic acid groups (broad SMARTS) is 1. The summed E-state index contributed by atoms with van der Waals surface area (Å²) in [5, 5.41) is 9.36. The number of hydrogen-bond donors (Lipinski definition) is 2. The average molecular weight is 276 g/mol. The van der Waals surface area contributed by atoms with Crippen LogP contribution in [-0.4, -0.2) is 34.5 Å². The molecule has 0 aliphatic carbocycles. The van der Waals surface area contributed by atoms with Gasteiger partial charge in [0.05, 0.1) is 5.56 Å². The number of carboxylic acids is 1. The second-order valence-electron chi connectivity index (χ2n) is 5.24. The molecule has 3 N–H and O–H groups in total. The van der Waals surface area contributed by atoms with E-state index in [1.54, 1.807) is 24.3 Å². The van der Waals surface area contributed by atoms with Crippen LogP contribution in [-0.2, 0) is 4.79 Å². The molecule has 2 unspecified atom stereocenters. The molecule has 1 heterocycles. The van der Waals surface area contributed by atoms with Crippen molar-refractivity contribution in [3.8, 4) is 0 Å². The van der Waals surface area contributed by atoms with E-state index >= 15 is 0 Å². The number of carbonyl (C=O) groups is 2. The maximum atomic E-state index is 12.5. The maximum absolute atomic E-state index is 12.5. The molecule has 1 aliphatic heterocycles. The maximum Gasteiger partial charge on any atom is 0.326 e. The van der Waals surface area contributed by atoms with E-state index in [0.717, 1.165) is 12.8 Å². The molecule has 0 bridgehead atoms. The molecule has 1 aliphatic rings. The summed E-state index contributed by atoms with van der Waals surface area (Å²) in [4.78, 5) is 25.4. The zero-order valence-electron chi connectivity index (χ0n) is 11.6. The van der Waals surface area contributed by atoms with Crippen molar-refractivity contribution in [2.24, 2.45) is 5.92 Å². The van der Waals surface area contributed by atoms with Crippen molar-refractivity contribution in [1.82, 2.24) is 4.90 Å². The van der Waals surface area contributed by atoms with Crippen LogP contribution < -0.4 is 5.73 Å². The first kappa shape index (κ1) is 14.4. The minimum absolute atomic E-state index is 0.287. The number of hydrogen-bond acceptors (Lipinski definition) is 3. The van der Waals surface area contributed by atoms with Crippen LogP contribution in [0.1, 0.15) is 36.5 Å². The number of carbonyl (C=O) groups excluding carboxylic acids is 1. The van der Waals surface area contributed by atoms with Crippen molar-refractivity contribution < 1.29 is 14.7 Å². The summed E-state index contributed by atoms with van der Waals surface area (Å²) in [7, 11) is 0. The quantitative estimate of drug-likeness (QED) is 0.827. The summed E-state index contributed by atoms with van der Waals surface area (Å²) in [5.74, 6) is -0.857. The second kappa shape index (κ2) is 5.94. The fraction of sp³-hybridized carbons (Fsp3) is 0.467. The molecule has 0 aromatic heterocycles. The van der Waals surface area contributed by atoms with Crippen molar-refractivity contribution >= 4 is 17.6 Å². The number of piperidine rings is 1. The normalized spacial score (nSPS) is 22.6. The second-order valence-corrected chi connectivity index (χ2v) is 5.24. The minimum Gasteiger partial charge on any atom is -0.480 e. The fourth-order valence-electron chi connectivity index (χ4n) is 2.73. The molecule has 5 heteroatoms. The topological polar surface area (TPSA) is 83.6 Å². The Hall–Kier alpha value is -2.04. The molecule has 1 saturated heterocycles. The van der Waals surface area contributed by atoms with Gasteiger partial charge in [-0.15, -0.1) is 0 Å². The van der Waals surface area contributed by atoms with Gasteiger partial charge in [0.15, 0.2) is 0 Å². The predicted octanol–water partition coefficient (Wildman–Crippen LogP) is 1.98. The first-order valence-corrected chi connectivity index (χ1v) is 6.92. The lowest BCUT2D eigenvalue weighted by atomic mass is 9.88. The molecule has 1 aromatic rings. The highest BCUT2D eigenvalue weighted by Crippen LogP contribution is 2.27. The van der Waals surface area contributed by atoms with Crippen LogP contribution in [0.25, 0.3) is 0 Å². The number of para-hydroxylation sites is 1. The molecule has 20 heavy (non-hydrogen) atoms. The Morgan fingerprint density at radius 3 is 2.70 bits per heavy atom. The zero-order valence-corrected chi connectivity index (χ0v) is 11.6. The lowest BCUT2D eigenvalue weighted by molar-refractivity contribution is -0.144. The molecule has 0 radical (unpaired) electrons. The standard InChI is InChI=1S/C15H20N2O3/c1-2-10-7-8-17(13(9-10)15(19)20)14(18)11-5-3-4-6-12(11)16/h3-6,10,13H,2,7-9,16H2,1H3,(H,19,20). The van der Waals surface area contributed by atoms with Gasteiger partial charge in [-0.25, -0.2) is 4.79 Å². The molecule has 108 valence electrons.